The summed E-state index contributed by atoms with van der Waals surface area (Å²) in [6.45, 7) is 3.39. The Hall–Kier alpha value is -1.92. The van der Waals surface area contributed by atoms with E-state index in [1.807, 2.05) is 37.3 Å². The summed E-state index contributed by atoms with van der Waals surface area (Å²) in [5, 5.41) is 45.4. The Kier molecular flexibility index (Phi) is 17.4. The molecule has 0 bridgehead atoms. The minimum atomic E-state index is -1.39. The molecule has 1 aliphatic rings. The Morgan fingerprint density at radius 1 is 0.970 bits per heavy atom. The molecule has 1 heterocycles. The average molecular weight is 475 g/mol. The number of Topliss-reactive ketones (excluding diaryl/α,β-unsaturated/α-hetero) is 1. The van der Waals surface area contributed by atoms with Gasteiger partial charge in [-0.05, 0) is 25.3 Å². The molecule has 10 heteroatoms. The highest BCUT2D eigenvalue weighted by atomic mass is 17.1. The number of carbonyl (C=O) groups excluding carboxylic acids is 2. The molecule has 0 radical (unpaired) electrons. The lowest BCUT2D eigenvalue weighted by Crippen LogP contribution is -2.59. The van der Waals surface area contributed by atoms with Crippen LogP contribution in [0.25, 0.3) is 0 Å². The van der Waals surface area contributed by atoms with Gasteiger partial charge in [0, 0.05) is 26.4 Å². The maximum atomic E-state index is 11.6. The fourth-order valence-electron chi connectivity index (χ4n) is 3.06. The maximum Gasteiger partial charge on any atom is 0.305 e. The highest BCUT2D eigenvalue weighted by Crippen LogP contribution is 2.24. The highest BCUT2D eigenvalue weighted by molar-refractivity contribution is 5.75. The molecule has 0 spiro atoms. The van der Waals surface area contributed by atoms with Gasteiger partial charge in [-0.15, -0.1) is 0 Å². The molecule has 10 nitrogen and oxygen atoms in total. The molecule has 5 unspecified atom stereocenters. The molecule has 0 aromatic heterocycles. The molecule has 0 amide bonds. The topological polar surface area (TPSA) is 163 Å². The first-order valence-electron chi connectivity index (χ1n) is 10.9. The highest BCUT2D eigenvalue weighted by Gasteiger charge is 2.43. The largest absolute Gasteiger partial charge is 0.463 e. The fourth-order valence-corrected chi connectivity index (χ4v) is 3.06. The SMILES string of the molecule is CCCC(C)=O.CO.O=C(CCCOO)OCC1OC(Cc2ccccc2)C(O)C(O)C1O. The summed E-state index contributed by atoms with van der Waals surface area (Å²) < 4.78 is 10.7. The zero-order valence-corrected chi connectivity index (χ0v) is 19.5. The third-order valence-corrected chi connectivity index (χ3v) is 4.72. The Balaban J connectivity index is 0.00000111. The van der Waals surface area contributed by atoms with E-state index in [0.29, 0.717) is 12.8 Å². The number of aliphatic hydroxyl groups excluding tert-OH is 4. The van der Waals surface area contributed by atoms with Crippen LogP contribution in [0, 0.1) is 0 Å². The van der Waals surface area contributed by atoms with Crippen molar-refractivity contribution in [3.63, 3.8) is 0 Å². The van der Waals surface area contributed by atoms with Crippen molar-refractivity contribution in [3.05, 3.63) is 35.9 Å². The van der Waals surface area contributed by atoms with E-state index < -0.39 is 36.5 Å². The molecular formula is C23H38O10. The van der Waals surface area contributed by atoms with Gasteiger partial charge in [-0.2, -0.15) is 0 Å². The van der Waals surface area contributed by atoms with Crippen LogP contribution in [0.2, 0.25) is 0 Å². The van der Waals surface area contributed by atoms with Crippen LogP contribution in [0.4, 0.5) is 0 Å². The molecule has 1 fully saturated rings. The van der Waals surface area contributed by atoms with Gasteiger partial charge in [-0.1, -0.05) is 37.3 Å². The molecular weight excluding hydrogens is 436 g/mol. The Morgan fingerprint density at radius 3 is 2.09 bits per heavy atom. The molecule has 1 aromatic carbocycles. The third-order valence-electron chi connectivity index (χ3n) is 4.72. The summed E-state index contributed by atoms with van der Waals surface area (Å²) in [5.41, 5.74) is 0.912. The lowest BCUT2D eigenvalue weighted by molar-refractivity contribution is -0.243. The summed E-state index contributed by atoms with van der Waals surface area (Å²) in [7, 11) is 1.00. The number of esters is 1. The molecule has 0 saturated carbocycles. The second-order valence-corrected chi connectivity index (χ2v) is 7.45. The zero-order valence-electron chi connectivity index (χ0n) is 19.5. The molecule has 1 saturated heterocycles. The number of aliphatic hydroxyl groups is 4. The van der Waals surface area contributed by atoms with E-state index in [4.69, 9.17) is 19.8 Å². The molecule has 5 N–H and O–H groups in total. The van der Waals surface area contributed by atoms with E-state index in [1.165, 1.54) is 0 Å². The number of ether oxygens (including phenoxy) is 2. The lowest BCUT2D eigenvalue weighted by atomic mass is 9.91. The summed E-state index contributed by atoms with van der Waals surface area (Å²) in [4.78, 5) is 25.5. The van der Waals surface area contributed by atoms with Gasteiger partial charge in [0.25, 0.3) is 0 Å². The van der Waals surface area contributed by atoms with E-state index in [2.05, 4.69) is 4.89 Å². The van der Waals surface area contributed by atoms with Gasteiger partial charge in [0.2, 0.25) is 0 Å². The Labute approximate surface area is 194 Å². The molecule has 0 aliphatic carbocycles. The van der Waals surface area contributed by atoms with Crippen molar-refractivity contribution >= 4 is 11.8 Å². The van der Waals surface area contributed by atoms with Gasteiger partial charge in [0.15, 0.2) is 0 Å². The minimum Gasteiger partial charge on any atom is -0.463 e. The normalized spacial score (nSPS) is 23.9. The van der Waals surface area contributed by atoms with Crippen molar-refractivity contribution in [2.45, 2.75) is 76.5 Å². The van der Waals surface area contributed by atoms with E-state index >= 15 is 0 Å². The number of ketones is 1. The standard InChI is InChI=1S/C17H24O8.C5H10O.CH4O/c18-14(7-4-8-24-22)23-10-13-16(20)17(21)15(19)12(25-13)9-11-5-2-1-3-6-11;1-3-4-5(2)6;1-2/h1-3,5-6,12-13,15-17,19-22H,4,7-10H2;3-4H2,1-2H3;2H,1H3. The van der Waals surface area contributed by atoms with Gasteiger partial charge in [-0.3, -0.25) is 10.1 Å². The predicted molar refractivity (Wildman–Crippen MR) is 119 cm³/mol. The van der Waals surface area contributed by atoms with Crippen LogP contribution in [0.5, 0.6) is 0 Å². The summed E-state index contributed by atoms with van der Waals surface area (Å²) >= 11 is 0. The number of rotatable bonds is 10. The van der Waals surface area contributed by atoms with E-state index in [-0.39, 0.29) is 25.4 Å². The molecule has 1 aliphatic heterocycles. The Morgan fingerprint density at radius 2 is 1.58 bits per heavy atom. The van der Waals surface area contributed by atoms with Crippen LogP contribution in [0.1, 0.15) is 45.1 Å². The summed E-state index contributed by atoms with van der Waals surface area (Å²) in [5.74, 6) is -0.245. The zero-order chi connectivity index (χ0) is 25.2. The average Bonchev–Trinajstić information content (AvgIpc) is 2.81. The van der Waals surface area contributed by atoms with Gasteiger partial charge in [-0.25, -0.2) is 4.89 Å². The number of hydrogen-bond acceptors (Lipinski definition) is 10. The number of hydrogen-bond donors (Lipinski definition) is 5. The van der Waals surface area contributed by atoms with Gasteiger partial charge < -0.3 is 34.7 Å². The summed E-state index contributed by atoms with van der Waals surface area (Å²) in [6, 6.07) is 9.30. The minimum absolute atomic E-state index is 0.0156. The molecule has 190 valence electrons. The van der Waals surface area contributed by atoms with Crippen molar-refractivity contribution in [2.75, 3.05) is 20.3 Å². The monoisotopic (exact) mass is 474 g/mol. The molecule has 1 aromatic rings. The fraction of sp³-hybridized carbons (Fsp3) is 0.652. The maximum absolute atomic E-state index is 11.6. The van der Waals surface area contributed by atoms with Crippen LogP contribution in [-0.2, 0) is 30.4 Å². The van der Waals surface area contributed by atoms with Gasteiger partial charge in [0.1, 0.15) is 36.8 Å². The van der Waals surface area contributed by atoms with E-state index in [9.17, 15) is 24.9 Å². The predicted octanol–water partition coefficient (Wildman–Crippen LogP) is 0.876. The first-order valence-corrected chi connectivity index (χ1v) is 10.9. The van der Waals surface area contributed by atoms with Crippen molar-refractivity contribution in [1.29, 1.82) is 0 Å². The van der Waals surface area contributed by atoms with Crippen molar-refractivity contribution in [1.82, 2.24) is 0 Å². The quantitative estimate of drug-likeness (QED) is 0.142. The van der Waals surface area contributed by atoms with E-state index in [1.54, 1.807) is 6.92 Å². The van der Waals surface area contributed by atoms with Crippen LogP contribution in [0.3, 0.4) is 0 Å². The number of carbonyl (C=O) groups is 2. The van der Waals surface area contributed by atoms with Crippen molar-refractivity contribution in [3.8, 4) is 0 Å². The smallest absolute Gasteiger partial charge is 0.305 e. The van der Waals surface area contributed by atoms with Crippen LogP contribution in [-0.4, -0.2) is 88.3 Å². The van der Waals surface area contributed by atoms with Crippen LogP contribution < -0.4 is 0 Å². The summed E-state index contributed by atoms with van der Waals surface area (Å²) in [6.07, 6.45) is -3.27. The van der Waals surface area contributed by atoms with Crippen molar-refractivity contribution in [2.24, 2.45) is 0 Å². The Bertz CT molecular complexity index is 639. The second kappa shape index (κ2) is 18.5. The first-order chi connectivity index (χ1) is 15.8. The van der Waals surface area contributed by atoms with Crippen LogP contribution >= 0.6 is 0 Å². The van der Waals surface area contributed by atoms with Gasteiger partial charge in [0.05, 0.1) is 12.7 Å². The lowest BCUT2D eigenvalue weighted by Gasteiger charge is -2.40. The molecule has 2 rings (SSSR count). The van der Waals surface area contributed by atoms with Crippen LogP contribution in [0.15, 0.2) is 30.3 Å². The molecule has 33 heavy (non-hydrogen) atoms. The first kappa shape index (κ1) is 31.1. The number of benzene rings is 1. The van der Waals surface area contributed by atoms with Crippen molar-refractivity contribution < 1.29 is 49.6 Å². The third kappa shape index (κ3) is 12.8. The van der Waals surface area contributed by atoms with E-state index in [0.717, 1.165) is 25.5 Å². The molecule has 5 atom stereocenters. The second-order valence-electron chi connectivity index (χ2n) is 7.45. The van der Waals surface area contributed by atoms with Gasteiger partial charge >= 0.3 is 5.97 Å².